The molecule has 0 saturated carbocycles. The second-order valence-electron chi connectivity index (χ2n) is 7.28. The third-order valence-electron chi connectivity index (χ3n) is 6.48. The first-order valence-electron chi connectivity index (χ1n) is 8.30. The summed E-state index contributed by atoms with van der Waals surface area (Å²) < 4.78 is 40.9. The fraction of sp³-hybridized carbons (Fsp3) is 0.750. The van der Waals surface area contributed by atoms with Crippen LogP contribution in [0.1, 0.15) is 0 Å². The van der Waals surface area contributed by atoms with Gasteiger partial charge < -0.3 is 33.2 Å². The third-order valence-corrected chi connectivity index (χ3v) is 6.48. The maximum atomic E-state index is 6.04. The van der Waals surface area contributed by atoms with E-state index in [1.54, 1.807) is 12.5 Å². The van der Waals surface area contributed by atoms with Gasteiger partial charge in [0.2, 0.25) is 12.6 Å². The smallest absolute Gasteiger partial charge is 0.208 e. The molecule has 0 unspecified atom stereocenters. The summed E-state index contributed by atoms with van der Waals surface area (Å²) in [5.74, 6) is 1.41. The molecule has 0 radical (unpaired) electrons. The lowest BCUT2D eigenvalue weighted by molar-refractivity contribution is -0.284. The highest BCUT2D eigenvalue weighted by molar-refractivity contribution is 5.13. The summed E-state index contributed by atoms with van der Waals surface area (Å²) in [6.07, 6.45) is 6.20. The Morgan fingerprint density at radius 1 is 0.435 bits per heavy atom. The van der Waals surface area contributed by atoms with Gasteiger partial charge in [-0.2, -0.15) is 0 Å². The van der Waals surface area contributed by atoms with Crippen LogP contribution in [0.3, 0.4) is 0 Å². The monoisotopic (exact) mass is 320 g/mol. The number of hydrogen-bond donors (Lipinski definition) is 0. The first kappa shape index (κ1) is 12.3. The minimum atomic E-state index is -0.263. The second-order valence-corrected chi connectivity index (χ2v) is 7.28. The molecule has 0 aromatic heterocycles. The molecule has 0 spiro atoms. The normalized spacial score (nSPS) is 65.7. The van der Waals surface area contributed by atoms with Crippen molar-refractivity contribution in [3.05, 3.63) is 24.7 Å². The van der Waals surface area contributed by atoms with Crippen molar-refractivity contribution in [3.8, 4) is 0 Å². The summed E-state index contributed by atoms with van der Waals surface area (Å²) in [5, 5.41) is 0. The lowest BCUT2D eigenvalue weighted by atomic mass is 9.71. The fourth-order valence-corrected chi connectivity index (χ4v) is 5.65. The van der Waals surface area contributed by atoms with Gasteiger partial charge in [-0.1, -0.05) is 0 Å². The molecule has 5 saturated heterocycles. The topological polar surface area (TPSA) is 64.6 Å². The summed E-state index contributed by atoms with van der Waals surface area (Å²) in [7, 11) is 0. The second kappa shape index (κ2) is 3.92. The van der Waals surface area contributed by atoms with E-state index >= 15 is 0 Å². The van der Waals surface area contributed by atoms with E-state index in [0.717, 1.165) is 0 Å². The van der Waals surface area contributed by atoms with Crippen LogP contribution in [0.4, 0.5) is 0 Å². The number of rotatable bonds is 0. The van der Waals surface area contributed by atoms with Crippen LogP contribution in [-0.4, -0.2) is 37.7 Å². The molecule has 0 aromatic carbocycles. The predicted octanol–water partition coefficient (Wildman–Crippen LogP) is 0.879. The molecule has 5 fully saturated rings. The first-order valence-corrected chi connectivity index (χ1v) is 8.30. The van der Waals surface area contributed by atoms with Gasteiger partial charge in [0.05, 0.1) is 24.4 Å². The molecule has 23 heavy (non-hydrogen) atoms. The lowest BCUT2D eigenvalue weighted by Gasteiger charge is -2.26. The molecule has 0 aromatic rings. The average molecular weight is 320 g/mol. The van der Waals surface area contributed by atoms with Crippen molar-refractivity contribution in [1.29, 1.82) is 0 Å². The number of hydrogen-bond acceptors (Lipinski definition) is 7. The predicted molar refractivity (Wildman–Crippen MR) is 69.5 cm³/mol. The van der Waals surface area contributed by atoms with Gasteiger partial charge in [-0.05, 0) is 12.2 Å². The summed E-state index contributed by atoms with van der Waals surface area (Å²) in [6.45, 7) is 0. The quantitative estimate of drug-likeness (QED) is 0.656. The van der Waals surface area contributed by atoms with E-state index in [1.807, 2.05) is 0 Å². The Kier molecular flexibility index (Phi) is 2.09. The van der Waals surface area contributed by atoms with Crippen molar-refractivity contribution in [3.63, 3.8) is 0 Å². The van der Waals surface area contributed by atoms with Crippen LogP contribution >= 0.6 is 0 Å². The van der Waals surface area contributed by atoms with Gasteiger partial charge in [-0.15, -0.1) is 0 Å². The van der Waals surface area contributed by atoms with Gasteiger partial charge in [0, 0.05) is 23.7 Å². The Bertz CT molecular complexity index is 568. The molecule has 7 heterocycles. The van der Waals surface area contributed by atoms with E-state index < -0.39 is 0 Å². The fourth-order valence-electron chi connectivity index (χ4n) is 5.65. The molecule has 0 aliphatic carbocycles. The summed E-state index contributed by atoms with van der Waals surface area (Å²) in [5.41, 5.74) is 0. The van der Waals surface area contributed by atoms with Crippen LogP contribution in [0, 0.1) is 35.5 Å². The van der Waals surface area contributed by atoms with E-state index in [2.05, 4.69) is 12.2 Å². The Morgan fingerprint density at radius 3 is 1.30 bits per heavy atom. The molecule has 122 valence electrons. The zero-order valence-corrected chi connectivity index (χ0v) is 12.1. The van der Waals surface area contributed by atoms with Gasteiger partial charge in [-0.25, -0.2) is 0 Å². The third kappa shape index (κ3) is 1.33. The Morgan fingerprint density at radius 2 is 0.826 bits per heavy atom. The number of fused-ring (bicyclic) bond motifs is 11. The van der Waals surface area contributed by atoms with E-state index in [4.69, 9.17) is 33.2 Å². The molecule has 12 atom stereocenters. The highest BCUT2D eigenvalue weighted by Gasteiger charge is 2.71. The Balaban J connectivity index is 1.28. The van der Waals surface area contributed by atoms with Gasteiger partial charge in [0.15, 0.2) is 25.2 Å². The van der Waals surface area contributed by atoms with Crippen molar-refractivity contribution >= 4 is 0 Å². The van der Waals surface area contributed by atoms with Crippen molar-refractivity contribution in [2.75, 3.05) is 0 Å². The number of ether oxygens (including phenoxy) is 7. The Labute approximate surface area is 132 Å². The van der Waals surface area contributed by atoms with Crippen LogP contribution in [0.2, 0.25) is 0 Å². The lowest BCUT2D eigenvalue weighted by Crippen LogP contribution is -2.34. The van der Waals surface area contributed by atoms with Crippen LogP contribution in [0.5, 0.6) is 0 Å². The maximum absolute atomic E-state index is 6.04. The molecular weight excluding hydrogens is 304 g/mol. The van der Waals surface area contributed by atoms with E-state index in [1.165, 1.54) is 0 Å². The van der Waals surface area contributed by atoms with E-state index in [0.29, 0.717) is 0 Å². The van der Waals surface area contributed by atoms with E-state index in [-0.39, 0.29) is 73.2 Å². The van der Waals surface area contributed by atoms with Crippen LogP contribution < -0.4 is 0 Å². The molecule has 0 amide bonds. The standard InChI is InChI=1S/C16H16O7/c1-3-17-11-5(1)7-9-10-8-6-2-4-18-12(6)20-14(8)22-16(10)23-15(9)21-13(7)19-11/h1-16H/t5-,6-,7+,8+,9-,10-,11+,12+,13-,14-,15+,16+/m1/s1. The molecule has 0 bridgehead atoms. The summed E-state index contributed by atoms with van der Waals surface area (Å²) >= 11 is 0. The van der Waals surface area contributed by atoms with Crippen LogP contribution in [-0.2, 0) is 33.2 Å². The minimum Gasteiger partial charge on any atom is -0.472 e. The van der Waals surface area contributed by atoms with Crippen molar-refractivity contribution in [2.24, 2.45) is 35.5 Å². The zero-order valence-electron chi connectivity index (χ0n) is 12.1. The largest absolute Gasteiger partial charge is 0.472 e. The summed E-state index contributed by atoms with van der Waals surface area (Å²) in [6, 6.07) is 0. The highest BCUT2D eigenvalue weighted by atomic mass is 16.9. The molecule has 7 heteroatoms. The van der Waals surface area contributed by atoms with Crippen molar-refractivity contribution in [1.82, 2.24) is 0 Å². The molecule has 7 nitrogen and oxygen atoms in total. The SMILES string of the molecule is C1=C[C@H]2[C@@H](O1)O[C@@H]1O[C@H]3O[C@@H]4O[C@H]5O[C@@H]6OC=C[C@@H]6[C@H]5[C@@H]4[C@H]3[C@@H]12. The molecule has 7 aliphatic heterocycles. The maximum Gasteiger partial charge on any atom is 0.208 e. The highest BCUT2D eigenvalue weighted by Crippen LogP contribution is 2.62. The Hall–Kier alpha value is -1.12. The van der Waals surface area contributed by atoms with Crippen molar-refractivity contribution < 1.29 is 33.2 Å². The van der Waals surface area contributed by atoms with Gasteiger partial charge >= 0.3 is 0 Å². The average Bonchev–Trinajstić information content (AvgIpc) is 3.23. The van der Waals surface area contributed by atoms with Crippen LogP contribution in [0.15, 0.2) is 24.7 Å². The van der Waals surface area contributed by atoms with Gasteiger partial charge in [-0.3, -0.25) is 0 Å². The molecule has 7 aliphatic rings. The first-order chi connectivity index (χ1) is 11.4. The molecular formula is C16H16O7. The zero-order chi connectivity index (χ0) is 14.7. The molecule has 0 N–H and O–H groups in total. The van der Waals surface area contributed by atoms with Crippen molar-refractivity contribution in [2.45, 2.75) is 37.7 Å². The minimum absolute atomic E-state index is 0.217. The van der Waals surface area contributed by atoms with Gasteiger partial charge in [0.1, 0.15) is 0 Å². The van der Waals surface area contributed by atoms with E-state index in [9.17, 15) is 0 Å². The summed E-state index contributed by atoms with van der Waals surface area (Å²) in [4.78, 5) is 0. The van der Waals surface area contributed by atoms with Crippen LogP contribution in [0.25, 0.3) is 0 Å². The van der Waals surface area contributed by atoms with Gasteiger partial charge in [0.25, 0.3) is 0 Å². The molecule has 7 rings (SSSR count).